The maximum absolute atomic E-state index is 14.0. The molecule has 11 heteroatoms. The average molecular weight is 456 g/mol. The van der Waals surface area contributed by atoms with Crippen molar-refractivity contribution in [2.75, 3.05) is 47.5 Å². The second-order valence-corrected chi connectivity index (χ2v) is 8.53. The maximum Gasteiger partial charge on any atom is 0.257 e. The largest absolute Gasteiger partial charge is 0.496 e. The summed E-state index contributed by atoms with van der Waals surface area (Å²) in [7, 11) is -0.0875. The minimum atomic E-state index is -4.39. The first-order chi connectivity index (χ1) is 14.7. The highest BCUT2D eigenvalue weighted by atomic mass is 32.2. The summed E-state index contributed by atoms with van der Waals surface area (Å²) in [6, 6.07) is 5.88. The van der Waals surface area contributed by atoms with Gasteiger partial charge in [-0.25, -0.2) is 17.2 Å². The monoisotopic (exact) mass is 456 g/mol. The molecule has 1 amide bonds. The van der Waals surface area contributed by atoms with E-state index in [4.69, 9.17) is 14.2 Å². The highest BCUT2D eigenvalue weighted by molar-refractivity contribution is 7.89. The van der Waals surface area contributed by atoms with E-state index >= 15 is 0 Å². The first kappa shape index (κ1) is 22.8. The molecule has 1 aliphatic heterocycles. The van der Waals surface area contributed by atoms with Crippen LogP contribution in [0.3, 0.4) is 0 Å². The molecule has 0 radical (unpaired) electrons. The van der Waals surface area contributed by atoms with Gasteiger partial charge >= 0.3 is 0 Å². The Balaban J connectivity index is 1.81. The number of halogens is 2. The number of hydrogen-bond donors (Lipinski definition) is 0. The highest BCUT2D eigenvalue weighted by Gasteiger charge is 2.35. The van der Waals surface area contributed by atoms with Crippen molar-refractivity contribution >= 4 is 15.9 Å². The van der Waals surface area contributed by atoms with Crippen LogP contribution < -0.4 is 14.2 Å². The van der Waals surface area contributed by atoms with E-state index in [9.17, 15) is 22.0 Å². The van der Waals surface area contributed by atoms with E-state index in [0.29, 0.717) is 11.5 Å². The fraction of sp³-hybridized carbons (Fsp3) is 0.350. The number of rotatable bonds is 6. The molecule has 1 fully saturated rings. The van der Waals surface area contributed by atoms with Gasteiger partial charge in [-0.05, 0) is 12.1 Å². The van der Waals surface area contributed by atoms with Gasteiger partial charge in [0.15, 0.2) is 16.4 Å². The van der Waals surface area contributed by atoms with Gasteiger partial charge in [-0.1, -0.05) is 6.07 Å². The van der Waals surface area contributed by atoms with E-state index in [1.54, 1.807) is 0 Å². The van der Waals surface area contributed by atoms with E-state index in [0.717, 1.165) is 22.5 Å². The number of hydrogen-bond acceptors (Lipinski definition) is 6. The topological polar surface area (TPSA) is 85.4 Å². The Morgan fingerprint density at radius 3 is 1.90 bits per heavy atom. The first-order valence-corrected chi connectivity index (χ1v) is 10.7. The van der Waals surface area contributed by atoms with Crippen molar-refractivity contribution in [3.05, 3.63) is 47.5 Å². The number of sulfonamides is 1. The van der Waals surface area contributed by atoms with Gasteiger partial charge in [-0.2, -0.15) is 4.31 Å². The number of nitrogens with zero attached hydrogens (tertiary/aromatic N) is 2. The molecule has 2 aromatic carbocycles. The highest BCUT2D eigenvalue weighted by Crippen LogP contribution is 2.35. The van der Waals surface area contributed by atoms with Crippen LogP contribution in [-0.4, -0.2) is 71.0 Å². The van der Waals surface area contributed by atoms with E-state index < -0.39 is 32.5 Å². The molecule has 1 saturated heterocycles. The molecular weight excluding hydrogens is 434 g/mol. The lowest BCUT2D eigenvalue weighted by molar-refractivity contribution is 0.0693. The van der Waals surface area contributed by atoms with Crippen molar-refractivity contribution in [3.8, 4) is 17.2 Å². The Kier molecular flexibility index (Phi) is 6.65. The van der Waals surface area contributed by atoms with Gasteiger partial charge in [-0.15, -0.1) is 0 Å². The molecule has 2 aromatic rings. The predicted molar refractivity (Wildman–Crippen MR) is 107 cm³/mol. The molecule has 0 bridgehead atoms. The molecule has 1 heterocycles. The molecule has 0 N–H and O–H groups in total. The van der Waals surface area contributed by atoms with Crippen molar-refractivity contribution < 1.29 is 36.2 Å². The summed E-state index contributed by atoms with van der Waals surface area (Å²) in [5, 5.41) is 0. The number of methoxy groups -OCH3 is 3. The number of amides is 1. The van der Waals surface area contributed by atoms with Gasteiger partial charge in [0.25, 0.3) is 5.91 Å². The van der Waals surface area contributed by atoms with Crippen molar-refractivity contribution in [1.82, 2.24) is 9.21 Å². The zero-order chi connectivity index (χ0) is 22.8. The summed E-state index contributed by atoms with van der Waals surface area (Å²) in [5.74, 6) is -1.72. The fourth-order valence-electron chi connectivity index (χ4n) is 3.36. The van der Waals surface area contributed by atoms with E-state index in [1.165, 1.54) is 38.4 Å². The third kappa shape index (κ3) is 4.28. The first-order valence-electron chi connectivity index (χ1n) is 9.28. The Morgan fingerprint density at radius 1 is 0.871 bits per heavy atom. The summed E-state index contributed by atoms with van der Waals surface area (Å²) >= 11 is 0. The lowest BCUT2D eigenvalue weighted by atomic mass is 10.1. The molecule has 0 saturated carbocycles. The molecule has 1 aliphatic rings. The van der Waals surface area contributed by atoms with Crippen LogP contribution in [0, 0.1) is 11.6 Å². The number of ether oxygens (including phenoxy) is 3. The number of carbonyl (C=O) groups is 1. The van der Waals surface area contributed by atoms with E-state index in [-0.39, 0.29) is 37.5 Å². The summed E-state index contributed by atoms with van der Waals surface area (Å²) in [6.45, 7) is -0.161. The normalized spacial score (nSPS) is 14.9. The van der Waals surface area contributed by atoms with Gasteiger partial charge in [0.2, 0.25) is 10.0 Å². The van der Waals surface area contributed by atoms with Gasteiger partial charge < -0.3 is 19.1 Å². The molecule has 0 spiro atoms. The zero-order valence-corrected chi connectivity index (χ0v) is 18.0. The molecule has 31 heavy (non-hydrogen) atoms. The molecule has 0 aliphatic carbocycles. The third-order valence-electron chi connectivity index (χ3n) is 4.98. The Labute approximate surface area is 179 Å². The van der Waals surface area contributed by atoms with Crippen molar-refractivity contribution in [2.24, 2.45) is 0 Å². The lowest BCUT2D eigenvalue weighted by Gasteiger charge is -2.34. The number of benzene rings is 2. The van der Waals surface area contributed by atoms with Crippen LogP contribution in [0.15, 0.2) is 35.2 Å². The Hall–Kier alpha value is -2.92. The van der Waals surface area contributed by atoms with Crippen molar-refractivity contribution in [3.63, 3.8) is 0 Å². The van der Waals surface area contributed by atoms with Crippen LogP contribution in [0.5, 0.6) is 17.2 Å². The van der Waals surface area contributed by atoms with Crippen LogP contribution in [0.1, 0.15) is 10.4 Å². The smallest absolute Gasteiger partial charge is 0.257 e. The zero-order valence-electron chi connectivity index (χ0n) is 17.2. The van der Waals surface area contributed by atoms with E-state index in [1.807, 2.05) is 0 Å². The second-order valence-electron chi connectivity index (χ2n) is 6.65. The SMILES string of the molecule is COc1cc(OC)c(C(=O)N2CCN(S(=O)(=O)c3c(F)cccc3F)CC2)cc1OC. The van der Waals surface area contributed by atoms with Crippen LogP contribution in [-0.2, 0) is 10.0 Å². The maximum atomic E-state index is 14.0. The standard InChI is InChI=1S/C20H22F2N2O6S/c1-28-16-12-18(30-3)17(29-2)11-13(16)20(25)23-7-9-24(10-8-23)31(26,27)19-14(21)5-4-6-15(19)22/h4-6,11-12H,7-10H2,1-3H3. The van der Waals surface area contributed by atoms with Crippen molar-refractivity contribution in [2.45, 2.75) is 4.90 Å². The van der Waals surface area contributed by atoms with Gasteiger partial charge in [0.05, 0.1) is 26.9 Å². The summed E-state index contributed by atoms with van der Waals surface area (Å²) < 4.78 is 70.1. The third-order valence-corrected chi connectivity index (χ3v) is 6.93. The summed E-state index contributed by atoms with van der Waals surface area (Å²) in [4.78, 5) is 13.5. The Bertz CT molecular complexity index is 1070. The molecular formula is C20H22F2N2O6S. The average Bonchev–Trinajstić information content (AvgIpc) is 2.77. The molecule has 8 nitrogen and oxygen atoms in total. The van der Waals surface area contributed by atoms with Crippen molar-refractivity contribution in [1.29, 1.82) is 0 Å². The molecule has 0 atom stereocenters. The second kappa shape index (κ2) is 9.06. The van der Waals surface area contributed by atoms with Gasteiger partial charge in [-0.3, -0.25) is 4.79 Å². The van der Waals surface area contributed by atoms with Crippen LogP contribution in [0.25, 0.3) is 0 Å². The molecule has 168 valence electrons. The lowest BCUT2D eigenvalue weighted by Crippen LogP contribution is -2.50. The van der Waals surface area contributed by atoms with Crippen LogP contribution >= 0.6 is 0 Å². The van der Waals surface area contributed by atoms with Gasteiger partial charge in [0, 0.05) is 38.3 Å². The fourth-order valence-corrected chi connectivity index (χ4v) is 4.89. The summed E-state index contributed by atoms with van der Waals surface area (Å²) in [6.07, 6.45) is 0. The molecule has 0 aromatic heterocycles. The van der Waals surface area contributed by atoms with Crippen LogP contribution in [0.4, 0.5) is 8.78 Å². The number of piperazine rings is 1. The molecule has 0 unspecified atom stereocenters. The summed E-state index contributed by atoms with van der Waals surface area (Å²) in [5.41, 5.74) is 0.219. The minimum absolute atomic E-state index is 0.0334. The Morgan fingerprint density at radius 2 is 1.39 bits per heavy atom. The van der Waals surface area contributed by atoms with Crippen LogP contribution in [0.2, 0.25) is 0 Å². The van der Waals surface area contributed by atoms with Gasteiger partial charge in [0.1, 0.15) is 17.4 Å². The molecule has 3 rings (SSSR count). The quantitative estimate of drug-likeness (QED) is 0.662. The minimum Gasteiger partial charge on any atom is -0.496 e. The predicted octanol–water partition coefficient (Wildman–Crippen LogP) is 2.14. The van der Waals surface area contributed by atoms with E-state index in [2.05, 4.69) is 0 Å². The number of carbonyl (C=O) groups excluding carboxylic acids is 1.